The first-order chi connectivity index (χ1) is 8.93. The van der Waals surface area contributed by atoms with Crippen LogP contribution >= 0.6 is 0 Å². The lowest BCUT2D eigenvalue weighted by Gasteiger charge is -2.19. The van der Waals surface area contributed by atoms with Crippen molar-refractivity contribution in [3.05, 3.63) is 29.8 Å². The van der Waals surface area contributed by atoms with Crippen molar-refractivity contribution >= 4 is 5.97 Å². The molecule has 0 unspecified atom stereocenters. The number of rotatable bonds is 6. The predicted molar refractivity (Wildman–Crippen MR) is 79.5 cm³/mol. The Kier molecular flexibility index (Phi) is 6.07. The van der Waals surface area contributed by atoms with E-state index in [2.05, 4.69) is 33.8 Å². The minimum atomic E-state index is -0.123. The van der Waals surface area contributed by atoms with Gasteiger partial charge in [-0.2, -0.15) is 0 Å². The molecule has 0 N–H and O–H groups in total. The van der Waals surface area contributed by atoms with Crippen molar-refractivity contribution in [2.45, 2.75) is 65.2 Å². The van der Waals surface area contributed by atoms with Gasteiger partial charge in [0.25, 0.3) is 0 Å². The first-order valence-electron chi connectivity index (χ1n) is 7.24. The Hall–Kier alpha value is -1.31. The minimum absolute atomic E-state index is 0.0730. The molecular formula is C17H26O2. The van der Waals surface area contributed by atoms with Crippen molar-refractivity contribution in [1.82, 2.24) is 0 Å². The van der Waals surface area contributed by atoms with Crippen LogP contribution in [0.1, 0.15) is 65.4 Å². The van der Waals surface area contributed by atoms with E-state index in [-0.39, 0.29) is 11.4 Å². The number of hydrogen-bond donors (Lipinski definition) is 0. The molecule has 1 aromatic carbocycles. The van der Waals surface area contributed by atoms with Gasteiger partial charge in [0.15, 0.2) is 0 Å². The summed E-state index contributed by atoms with van der Waals surface area (Å²) in [6.45, 7) is 8.62. The Morgan fingerprint density at radius 3 is 2.53 bits per heavy atom. The van der Waals surface area contributed by atoms with Crippen LogP contribution in [0, 0.1) is 0 Å². The zero-order valence-corrected chi connectivity index (χ0v) is 12.7. The van der Waals surface area contributed by atoms with Gasteiger partial charge in [0.05, 0.1) is 0 Å². The summed E-state index contributed by atoms with van der Waals surface area (Å²) in [6.07, 6.45) is 4.91. The third-order valence-corrected chi connectivity index (χ3v) is 3.17. The maximum absolute atomic E-state index is 11.7. The zero-order chi connectivity index (χ0) is 14.3. The van der Waals surface area contributed by atoms with Crippen molar-refractivity contribution in [1.29, 1.82) is 0 Å². The molecule has 0 atom stereocenters. The summed E-state index contributed by atoms with van der Waals surface area (Å²) < 4.78 is 5.39. The van der Waals surface area contributed by atoms with Gasteiger partial charge in [0.2, 0.25) is 0 Å². The summed E-state index contributed by atoms with van der Waals surface area (Å²) in [5.74, 6) is 0.537. The highest BCUT2D eigenvalue weighted by Crippen LogP contribution is 2.25. The second kappa shape index (κ2) is 7.32. The van der Waals surface area contributed by atoms with Crippen molar-refractivity contribution in [2.24, 2.45) is 0 Å². The molecule has 2 nitrogen and oxygen atoms in total. The van der Waals surface area contributed by atoms with Gasteiger partial charge < -0.3 is 4.74 Å². The number of hydrogen-bond acceptors (Lipinski definition) is 2. The Balaban J connectivity index is 2.50. The number of benzene rings is 1. The highest BCUT2D eigenvalue weighted by Gasteiger charge is 2.14. The molecular weight excluding hydrogens is 236 g/mol. The second-order valence-corrected chi connectivity index (χ2v) is 6.06. The normalized spacial score (nSPS) is 11.4. The highest BCUT2D eigenvalue weighted by molar-refractivity contribution is 5.72. The topological polar surface area (TPSA) is 26.3 Å². The second-order valence-electron chi connectivity index (χ2n) is 6.06. The van der Waals surface area contributed by atoms with E-state index < -0.39 is 0 Å². The molecule has 0 aromatic heterocycles. The van der Waals surface area contributed by atoms with Crippen molar-refractivity contribution in [2.75, 3.05) is 0 Å². The summed E-state index contributed by atoms with van der Waals surface area (Å²) in [4.78, 5) is 11.7. The zero-order valence-electron chi connectivity index (χ0n) is 12.7. The Labute approximate surface area is 117 Å². The standard InChI is InChI=1S/C17H26O2/c1-5-6-7-8-12-16(18)19-15-11-9-10-14(13-15)17(2,3)4/h9-11,13H,5-8,12H2,1-4H3. The molecule has 1 rings (SSSR count). The minimum Gasteiger partial charge on any atom is -0.427 e. The number of carbonyl (C=O) groups excluding carboxylic acids is 1. The molecule has 0 radical (unpaired) electrons. The molecule has 0 aliphatic carbocycles. The Morgan fingerprint density at radius 1 is 1.16 bits per heavy atom. The smallest absolute Gasteiger partial charge is 0.311 e. The van der Waals surface area contributed by atoms with E-state index >= 15 is 0 Å². The van der Waals surface area contributed by atoms with Gasteiger partial charge in [-0.1, -0.05) is 59.1 Å². The molecule has 0 amide bonds. The monoisotopic (exact) mass is 262 g/mol. The van der Waals surface area contributed by atoms with Crippen LogP contribution in [0.5, 0.6) is 5.75 Å². The molecule has 0 spiro atoms. The van der Waals surface area contributed by atoms with Crippen LogP contribution in [-0.4, -0.2) is 5.97 Å². The molecule has 0 heterocycles. The lowest BCUT2D eigenvalue weighted by molar-refractivity contribution is -0.134. The van der Waals surface area contributed by atoms with Crippen LogP contribution in [0.2, 0.25) is 0 Å². The first-order valence-corrected chi connectivity index (χ1v) is 7.24. The lowest BCUT2D eigenvalue weighted by Crippen LogP contribution is -2.12. The number of esters is 1. The van der Waals surface area contributed by atoms with Crippen molar-refractivity contribution in [3.63, 3.8) is 0 Å². The predicted octanol–water partition coefficient (Wildman–Crippen LogP) is 4.86. The van der Waals surface area contributed by atoms with Crippen molar-refractivity contribution < 1.29 is 9.53 Å². The fourth-order valence-corrected chi connectivity index (χ4v) is 1.90. The largest absolute Gasteiger partial charge is 0.427 e. The maximum atomic E-state index is 11.7. The van der Waals surface area contributed by atoms with Crippen LogP contribution in [-0.2, 0) is 10.2 Å². The van der Waals surface area contributed by atoms with Gasteiger partial charge in [-0.15, -0.1) is 0 Å². The van der Waals surface area contributed by atoms with Gasteiger partial charge in [-0.25, -0.2) is 0 Å². The Morgan fingerprint density at radius 2 is 1.89 bits per heavy atom. The van der Waals surface area contributed by atoms with E-state index in [4.69, 9.17) is 4.74 Å². The van der Waals surface area contributed by atoms with Crippen molar-refractivity contribution in [3.8, 4) is 5.75 Å². The highest BCUT2D eigenvalue weighted by atomic mass is 16.5. The maximum Gasteiger partial charge on any atom is 0.311 e. The Bertz CT molecular complexity index is 402. The third kappa shape index (κ3) is 5.91. The molecule has 0 bridgehead atoms. The van der Waals surface area contributed by atoms with Gasteiger partial charge >= 0.3 is 5.97 Å². The van der Waals surface area contributed by atoms with E-state index in [0.717, 1.165) is 12.8 Å². The number of carbonyl (C=O) groups is 1. The molecule has 106 valence electrons. The molecule has 0 saturated carbocycles. The van der Waals surface area contributed by atoms with E-state index in [9.17, 15) is 4.79 Å². The van der Waals surface area contributed by atoms with Crippen LogP contribution in [0.25, 0.3) is 0 Å². The SMILES string of the molecule is CCCCCCC(=O)Oc1cccc(C(C)(C)C)c1. The summed E-state index contributed by atoms with van der Waals surface area (Å²) in [7, 11) is 0. The molecule has 2 heteroatoms. The summed E-state index contributed by atoms with van der Waals surface area (Å²) in [5, 5.41) is 0. The van der Waals surface area contributed by atoms with Crippen LogP contribution in [0.3, 0.4) is 0 Å². The molecule has 1 aromatic rings. The van der Waals surface area contributed by atoms with E-state index in [1.54, 1.807) is 0 Å². The van der Waals surface area contributed by atoms with Crippen LogP contribution in [0.4, 0.5) is 0 Å². The lowest BCUT2D eigenvalue weighted by atomic mass is 9.87. The van der Waals surface area contributed by atoms with Gasteiger partial charge in [0, 0.05) is 6.42 Å². The average molecular weight is 262 g/mol. The molecule has 0 aliphatic rings. The summed E-state index contributed by atoms with van der Waals surface area (Å²) in [6, 6.07) is 7.82. The summed E-state index contributed by atoms with van der Waals surface area (Å²) in [5.41, 5.74) is 1.26. The van der Waals surface area contributed by atoms with E-state index in [0.29, 0.717) is 12.2 Å². The van der Waals surface area contributed by atoms with Gasteiger partial charge in [0.1, 0.15) is 5.75 Å². The first kappa shape index (κ1) is 15.7. The molecule has 19 heavy (non-hydrogen) atoms. The molecule has 0 fully saturated rings. The van der Waals surface area contributed by atoms with E-state index in [1.807, 2.05) is 18.2 Å². The summed E-state index contributed by atoms with van der Waals surface area (Å²) >= 11 is 0. The molecule has 0 aliphatic heterocycles. The fraction of sp³-hybridized carbons (Fsp3) is 0.588. The number of unbranched alkanes of at least 4 members (excludes halogenated alkanes) is 3. The molecule has 0 saturated heterocycles. The van der Waals surface area contributed by atoms with Gasteiger partial charge in [-0.3, -0.25) is 4.79 Å². The van der Waals surface area contributed by atoms with Gasteiger partial charge in [-0.05, 0) is 29.5 Å². The number of ether oxygens (including phenoxy) is 1. The van der Waals surface area contributed by atoms with Crippen LogP contribution < -0.4 is 4.74 Å². The third-order valence-electron chi connectivity index (χ3n) is 3.17. The quantitative estimate of drug-likeness (QED) is 0.416. The fourth-order valence-electron chi connectivity index (χ4n) is 1.90. The average Bonchev–Trinajstić information content (AvgIpc) is 2.34. The van der Waals surface area contributed by atoms with E-state index in [1.165, 1.54) is 18.4 Å². The van der Waals surface area contributed by atoms with Crippen LogP contribution in [0.15, 0.2) is 24.3 Å².